The Balaban J connectivity index is 1.46. The summed E-state index contributed by atoms with van der Waals surface area (Å²) in [5, 5.41) is 2.17. The van der Waals surface area contributed by atoms with Gasteiger partial charge in [-0.3, -0.25) is 34.2 Å². The van der Waals surface area contributed by atoms with E-state index in [0.717, 1.165) is 9.37 Å². The van der Waals surface area contributed by atoms with Crippen LogP contribution in [0.3, 0.4) is 0 Å². The summed E-state index contributed by atoms with van der Waals surface area (Å²) in [6, 6.07) is 10.9. The van der Waals surface area contributed by atoms with E-state index in [1.54, 1.807) is 36.4 Å². The van der Waals surface area contributed by atoms with Gasteiger partial charge in [0.05, 0.1) is 11.1 Å². The zero-order valence-corrected chi connectivity index (χ0v) is 22.8. The number of nitrogens with zero attached hydrogens (tertiary/aromatic N) is 1. The lowest BCUT2D eigenvalue weighted by atomic mass is 9.90. The first-order valence-corrected chi connectivity index (χ1v) is 13.2. The molecule has 2 aromatic rings. The topological polar surface area (TPSA) is 110 Å². The molecule has 8 nitrogen and oxygen atoms in total. The van der Waals surface area contributed by atoms with Crippen molar-refractivity contribution < 1.29 is 28.7 Å². The number of hydrogen-bond donors (Lipinski definition) is 1. The number of piperidine rings is 1. The summed E-state index contributed by atoms with van der Waals surface area (Å²) in [6.45, 7) is -0.431. The van der Waals surface area contributed by atoms with Crippen molar-refractivity contribution in [3.63, 3.8) is 0 Å². The fourth-order valence-corrected chi connectivity index (χ4v) is 5.48. The molecule has 2 fully saturated rings. The highest BCUT2D eigenvalue weighted by molar-refractivity contribution is 9.10. The smallest absolute Gasteiger partial charge is 0.317 e. The molecular weight excluding hydrogens is 611 g/mol. The zero-order valence-electron chi connectivity index (χ0n) is 18.9. The first-order chi connectivity index (χ1) is 17.4. The minimum Gasteiger partial charge on any atom is -0.460 e. The van der Waals surface area contributed by atoms with Gasteiger partial charge in [-0.2, -0.15) is 0 Å². The highest BCUT2D eigenvalue weighted by Crippen LogP contribution is 2.61. The van der Waals surface area contributed by atoms with E-state index < -0.39 is 51.5 Å². The third kappa shape index (κ3) is 4.67. The first kappa shape index (κ1) is 26.2. The maximum Gasteiger partial charge on any atom is 0.317 e. The van der Waals surface area contributed by atoms with Crippen LogP contribution in [-0.2, 0) is 24.5 Å². The quantitative estimate of drug-likeness (QED) is 0.302. The van der Waals surface area contributed by atoms with Crippen LogP contribution < -0.4 is 5.32 Å². The monoisotopic (exact) mass is 626 g/mol. The molecule has 0 radical (unpaired) electrons. The molecule has 1 N–H and O–H groups in total. The number of ether oxygens (including phenoxy) is 1. The van der Waals surface area contributed by atoms with E-state index >= 15 is 0 Å². The molecule has 1 unspecified atom stereocenters. The van der Waals surface area contributed by atoms with E-state index in [-0.39, 0.29) is 29.9 Å². The molecule has 1 aliphatic carbocycles. The lowest BCUT2D eigenvalue weighted by molar-refractivity contribution is -0.146. The number of imide groups is 2. The number of amides is 4. The maximum absolute atomic E-state index is 13.3. The van der Waals surface area contributed by atoms with Crippen molar-refractivity contribution in [2.24, 2.45) is 0 Å². The SMILES string of the molecule is O=C1CCC(N2C(=O)c3ccc([C@@H]4C[C@]4(C(=O)OCC(Cl)(Cl)Cl)c4ccc(Br)cc4)cc3C2=O)C(=O)N1. The van der Waals surface area contributed by atoms with Crippen LogP contribution >= 0.6 is 50.7 Å². The molecule has 2 heterocycles. The van der Waals surface area contributed by atoms with Crippen molar-refractivity contribution in [3.05, 3.63) is 69.2 Å². The molecule has 3 aliphatic rings. The summed E-state index contributed by atoms with van der Waals surface area (Å²) < 4.78 is 4.42. The zero-order chi connectivity index (χ0) is 26.7. The predicted octanol–water partition coefficient (Wildman–Crippen LogP) is 4.19. The average molecular weight is 629 g/mol. The molecule has 1 saturated heterocycles. The first-order valence-electron chi connectivity index (χ1n) is 11.3. The van der Waals surface area contributed by atoms with Crippen molar-refractivity contribution in [3.8, 4) is 0 Å². The lowest BCUT2D eigenvalue weighted by Gasteiger charge is -2.27. The van der Waals surface area contributed by atoms with Gasteiger partial charge >= 0.3 is 5.97 Å². The number of nitrogens with one attached hydrogen (secondary N) is 1. The molecule has 12 heteroatoms. The predicted molar refractivity (Wildman–Crippen MR) is 138 cm³/mol. The fourth-order valence-electron chi connectivity index (χ4n) is 5.06. The van der Waals surface area contributed by atoms with Crippen molar-refractivity contribution in [2.45, 2.75) is 40.4 Å². The normalized spacial score (nSPS) is 25.1. The average Bonchev–Trinajstić information content (AvgIpc) is 3.55. The number of esters is 1. The lowest BCUT2D eigenvalue weighted by Crippen LogP contribution is -2.54. The van der Waals surface area contributed by atoms with Gasteiger partial charge in [0.25, 0.3) is 11.8 Å². The summed E-state index contributed by atoms with van der Waals surface area (Å²) >= 11 is 20.7. The van der Waals surface area contributed by atoms with Crippen LogP contribution in [0.5, 0.6) is 0 Å². The van der Waals surface area contributed by atoms with Crippen LogP contribution in [0.1, 0.15) is 57.0 Å². The largest absolute Gasteiger partial charge is 0.460 e. The van der Waals surface area contributed by atoms with E-state index in [2.05, 4.69) is 21.2 Å². The number of fused-ring (bicyclic) bond motifs is 1. The minimum absolute atomic E-state index is 0.0309. The number of hydrogen-bond acceptors (Lipinski definition) is 6. The molecule has 37 heavy (non-hydrogen) atoms. The van der Waals surface area contributed by atoms with Crippen LogP contribution in [0.4, 0.5) is 0 Å². The summed E-state index contributed by atoms with van der Waals surface area (Å²) in [7, 11) is 0. The number of carbonyl (C=O) groups excluding carboxylic acids is 5. The fraction of sp³-hybridized carbons (Fsp3) is 0.320. The van der Waals surface area contributed by atoms with Crippen LogP contribution in [0, 0.1) is 0 Å². The van der Waals surface area contributed by atoms with Gasteiger partial charge in [-0.25, -0.2) is 0 Å². The van der Waals surface area contributed by atoms with E-state index in [0.29, 0.717) is 17.5 Å². The van der Waals surface area contributed by atoms with Crippen LogP contribution in [0.25, 0.3) is 0 Å². The number of rotatable bonds is 5. The second-order valence-electron chi connectivity index (χ2n) is 9.18. The molecule has 192 valence electrons. The molecule has 0 spiro atoms. The number of halogens is 4. The van der Waals surface area contributed by atoms with Gasteiger partial charge in [0.2, 0.25) is 15.6 Å². The molecule has 3 atom stereocenters. The number of benzene rings is 2. The Morgan fingerprint density at radius 1 is 1.05 bits per heavy atom. The van der Waals surface area contributed by atoms with Gasteiger partial charge in [0.15, 0.2) is 0 Å². The highest BCUT2D eigenvalue weighted by Gasteiger charge is 2.63. The van der Waals surface area contributed by atoms with E-state index in [1.165, 1.54) is 6.07 Å². The Morgan fingerprint density at radius 2 is 1.73 bits per heavy atom. The van der Waals surface area contributed by atoms with Gasteiger partial charge in [-0.05, 0) is 48.2 Å². The highest BCUT2D eigenvalue weighted by atomic mass is 79.9. The second kappa shape index (κ2) is 9.38. The number of carbonyl (C=O) groups is 5. The summed E-state index contributed by atoms with van der Waals surface area (Å²) in [6.07, 6.45) is 0.474. The Hall–Kier alpha value is -2.46. The Labute approximate surface area is 234 Å². The van der Waals surface area contributed by atoms with E-state index in [9.17, 15) is 24.0 Å². The molecule has 5 rings (SSSR count). The third-order valence-corrected chi connectivity index (χ3v) is 7.77. The van der Waals surface area contributed by atoms with Gasteiger partial charge in [0, 0.05) is 16.8 Å². The Kier molecular flexibility index (Phi) is 6.63. The third-order valence-electron chi connectivity index (χ3n) is 6.92. The number of alkyl halides is 3. The van der Waals surface area contributed by atoms with Crippen LogP contribution in [0.2, 0.25) is 0 Å². The Morgan fingerprint density at radius 3 is 2.38 bits per heavy atom. The van der Waals surface area contributed by atoms with Crippen molar-refractivity contribution in [1.82, 2.24) is 10.2 Å². The maximum atomic E-state index is 13.3. The molecule has 1 saturated carbocycles. The molecular formula is C25H18BrCl3N2O6. The van der Waals surface area contributed by atoms with Gasteiger partial charge in [-0.15, -0.1) is 0 Å². The van der Waals surface area contributed by atoms with Crippen LogP contribution in [0.15, 0.2) is 46.9 Å². The standard InChI is InChI=1S/C25H18BrCl3N2O6/c26-14-4-2-13(3-5-14)24(23(36)37-11-25(27,28)29)10-17(24)12-1-6-15-16(9-12)22(35)31(21(15)34)18-7-8-19(32)30-20(18)33/h1-6,9,17-18H,7-8,10-11H2,(H,30,32,33)/t17-,18?,24-/m0/s1. The van der Waals surface area contributed by atoms with Crippen molar-refractivity contribution in [2.75, 3.05) is 6.61 Å². The molecule has 2 aromatic carbocycles. The molecule has 0 aromatic heterocycles. The summed E-state index contributed by atoms with van der Waals surface area (Å²) in [5.41, 5.74) is 0.576. The van der Waals surface area contributed by atoms with Crippen molar-refractivity contribution in [1.29, 1.82) is 0 Å². The van der Waals surface area contributed by atoms with Crippen LogP contribution in [-0.4, -0.2) is 50.9 Å². The summed E-state index contributed by atoms with van der Waals surface area (Å²) in [4.78, 5) is 64.3. The van der Waals surface area contributed by atoms with E-state index in [1.807, 2.05) is 0 Å². The minimum atomic E-state index is -1.78. The Bertz CT molecular complexity index is 1360. The molecule has 2 aliphatic heterocycles. The van der Waals surface area contributed by atoms with E-state index in [4.69, 9.17) is 39.5 Å². The summed E-state index contributed by atoms with van der Waals surface area (Å²) in [5.74, 6) is -3.28. The second-order valence-corrected chi connectivity index (χ2v) is 12.6. The van der Waals surface area contributed by atoms with Gasteiger partial charge in [-0.1, -0.05) is 68.9 Å². The van der Waals surface area contributed by atoms with Gasteiger partial charge in [0.1, 0.15) is 18.1 Å². The van der Waals surface area contributed by atoms with Crippen molar-refractivity contribution >= 4 is 80.3 Å². The molecule has 4 amide bonds. The molecule has 0 bridgehead atoms. The van der Waals surface area contributed by atoms with Gasteiger partial charge < -0.3 is 4.74 Å².